The van der Waals surface area contributed by atoms with Crippen molar-refractivity contribution >= 4 is 47.8 Å². The van der Waals surface area contributed by atoms with Gasteiger partial charge in [-0.15, -0.1) is 0 Å². The molecule has 25 atom stereocenters. The monoisotopic (exact) mass is 1150 g/mol. The third kappa shape index (κ3) is 17.0. The van der Waals surface area contributed by atoms with Gasteiger partial charge in [0.05, 0.1) is 42.7 Å². The Balaban J connectivity index is 1.70. The van der Waals surface area contributed by atoms with E-state index < -0.39 is 195 Å². The van der Waals surface area contributed by atoms with Gasteiger partial charge in [0.2, 0.25) is 0 Å². The molecule has 25 nitrogen and oxygen atoms in total. The highest BCUT2D eigenvalue weighted by molar-refractivity contribution is 5.69. The molecule has 80 heavy (non-hydrogen) atoms. The number of esters is 8. The molecular formula is C55H86O25. The standard InChI is InChI=1S/C55H86O25/c1-22(2)42-27(7)43(26(6)40(74-42)20-65-32(12)57)77-52-28(8)45(78-55-51(73-38(18)63)49(71-36(16)61)47(30(10)68-55)70-35(15)60)48(41(76-52)21-66-33(13)58)80-53-46(24(4)23(3)39(75-53)19-64-31(11)56)79-54-50(72-37(17)62)44(69-34(14)59)25(5)29(9)67-54/h22-30,39-55H,19-21H2,1-18H3/t23-,24+,25-,26+,27?,28?,29?,30?,39?,40?,41?,42+,43+,44?,45-,46?,47-,48-,49-,50+,51?,52+,53+,54+,55+/m1/s1. The third-order valence-corrected chi connectivity index (χ3v) is 15.5. The Morgan fingerprint density at radius 1 is 0.312 bits per heavy atom. The zero-order valence-corrected chi connectivity index (χ0v) is 49.3. The van der Waals surface area contributed by atoms with Gasteiger partial charge in [0.25, 0.3) is 0 Å². The molecule has 0 aromatic carbocycles. The van der Waals surface area contributed by atoms with Gasteiger partial charge in [-0.05, 0) is 31.6 Å². The van der Waals surface area contributed by atoms with Gasteiger partial charge < -0.3 is 80.5 Å². The first-order valence-electron chi connectivity index (χ1n) is 27.6. The van der Waals surface area contributed by atoms with Crippen molar-refractivity contribution in [2.45, 2.75) is 241 Å². The number of hydrogen-bond donors (Lipinski definition) is 0. The Morgan fingerprint density at radius 3 is 1.20 bits per heavy atom. The lowest BCUT2D eigenvalue weighted by Gasteiger charge is -2.53. The number of rotatable bonds is 20. The van der Waals surface area contributed by atoms with Crippen LogP contribution in [0.5, 0.6) is 0 Å². The molecule has 5 fully saturated rings. The van der Waals surface area contributed by atoms with Gasteiger partial charge in [0.15, 0.2) is 49.6 Å². The minimum atomic E-state index is -1.63. The number of ether oxygens (including phenoxy) is 17. The van der Waals surface area contributed by atoms with Crippen LogP contribution in [0.2, 0.25) is 0 Å². The molecule has 0 bridgehead atoms. The Bertz CT molecular complexity index is 2140. The van der Waals surface area contributed by atoms with Crippen LogP contribution < -0.4 is 0 Å². The highest BCUT2D eigenvalue weighted by Crippen LogP contribution is 2.44. The van der Waals surface area contributed by atoms with Crippen molar-refractivity contribution < 1.29 is 119 Å². The quantitative estimate of drug-likeness (QED) is 0.123. The van der Waals surface area contributed by atoms with E-state index in [0.29, 0.717) is 0 Å². The smallest absolute Gasteiger partial charge is 0.303 e. The van der Waals surface area contributed by atoms with Crippen LogP contribution >= 0.6 is 0 Å². The minimum absolute atomic E-state index is 0.0220. The van der Waals surface area contributed by atoms with Crippen LogP contribution in [0.15, 0.2) is 0 Å². The van der Waals surface area contributed by atoms with Crippen molar-refractivity contribution in [3.63, 3.8) is 0 Å². The topological polar surface area (TPSA) is 293 Å². The second kappa shape index (κ2) is 29.1. The maximum atomic E-state index is 13.0. The van der Waals surface area contributed by atoms with Gasteiger partial charge >= 0.3 is 47.8 Å². The lowest BCUT2D eigenvalue weighted by molar-refractivity contribution is -0.393. The molecule has 0 amide bonds. The summed E-state index contributed by atoms with van der Waals surface area (Å²) in [6.07, 6.45) is -21.9. The molecule has 0 radical (unpaired) electrons. The van der Waals surface area contributed by atoms with Crippen molar-refractivity contribution in [2.75, 3.05) is 19.8 Å². The molecule has 0 aliphatic carbocycles. The third-order valence-electron chi connectivity index (χ3n) is 15.5. The van der Waals surface area contributed by atoms with Crippen LogP contribution in [0.3, 0.4) is 0 Å². The molecule has 0 spiro atoms. The summed E-state index contributed by atoms with van der Waals surface area (Å²) >= 11 is 0. The molecular weight excluding hydrogens is 1060 g/mol. The molecule has 0 aromatic rings. The van der Waals surface area contributed by atoms with Crippen LogP contribution in [-0.4, -0.2) is 184 Å². The molecule has 0 aromatic heterocycles. The molecule has 5 heterocycles. The SMILES string of the molecule is CC(=O)OCC1O[C@@H](O[C@@H]2C(C)[C@H](C(C)C)OC(COC(C)=O)[C@@H]2C)C(C)[C@@H](O[C@@H]2OC(C)[C@@H](OC(C)=O)[C@@H](OC(C)=O)C2OC(C)=O)[C@@H]1O[C@@H]1OC(COC(C)=O)[C@H](C)[C@H](C)C1O[C@@H]1OC(C)[C@@H](C)C(OC(C)=O)[C@@H]1OC(C)=O. The molecule has 0 N–H and O–H groups in total. The number of hydrogen-bond acceptors (Lipinski definition) is 25. The maximum absolute atomic E-state index is 13.0. The lowest BCUT2D eigenvalue weighted by Crippen LogP contribution is -2.66. The van der Waals surface area contributed by atoms with E-state index in [1.54, 1.807) is 27.7 Å². The highest BCUT2D eigenvalue weighted by atomic mass is 16.8. The molecule has 25 heteroatoms. The summed E-state index contributed by atoms with van der Waals surface area (Å²) in [5, 5.41) is 0. The largest absolute Gasteiger partial charge is 0.463 e. The molecule has 5 saturated heterocycles. The second-order valence-electron chi connectivity index (χ2n) is 22.2. The van der Waals surface area contributed by atoms with Crippen molar-refractivity contribution in [3.8, 4) is 0 Å². The molecule has 5 rings (SSSR count). The van der Waals surface area contributed by atoms with Crippen molar-refractivity contribution in [3.05, 3.63) is 0 Å². The zero-order chi connectivity index (χ0) is 59.8. The van der Waals surface area contributed by atoms with Gasteiger partial charge in [-0.3, -0.25) is 38.4 Å². The Labute approximate surface area is 468 Å². The first-order chi connectivity index (χ1) is 37.4. The fourth-order valence-electron chi connectivity index (χ4n) is 11.2. The minimum Gasteiger partial charge on any atom is -0.463 e. The van der Waals surface area contributed by atoms with Crippen LogP contribution in [-0.2, 0) is 119 Å². The molecule has 5 aliphatic heterocycles. The van der Waals surface area contributed by atoms with Crippen molar-refractivity contribution in [1.29, 1.82) is 0 Å². The molecule has 0 saturated carbocycles. The summed E-state index contributed by atoms with van der Waals surface area (Å²) in [7, 11) is 0. The van der Waals surface area contributed by atoms with Crippen LogP contribution in [0.1, 0.15) is 125 Å². The van der Waals surface area contributed by atoms with E-state index in [1.807, 2.05) is 41.5 Å². The van der Waals surface area contributed by atoms with E-state index in [0.717, 1.165) is 20.8 Å². The number of carbonyl (C=O) groups is 8. The van der Waals surface area contributed by atoms with Crippen molar-refractivity contribution in [2.24, 2.45) is 41.4 Å². The summed E-state index contributed by atoms with van der Waals surface area (Å²) in [4.78, 5) is 101. The van der Waals surface area contributed by atoms with Gasteiger partial charge in [-0.1, -0.05) is 55.4 Å². The average Bonchev–Trinajstić information content (AvgIpc) is 3.34. The molecule has 456 valence electrons. The van der Waals surface area contributed by atoms with E-state index in [2.05, 4.69) is 0 Å². The summed E-state index contributed by atoms with van der Waals surface area (Å²) in [6, 6.07) is 0. The normalized spacial score (nSPS) is 40.1. The van der Waals surface area contributed by atoms with Gasteiger partial charge in [-0.2, -0.15) is 0 Å². The second-order valence-corrected chi connectivity index (χ2v) is 22.2. The Kier molecular flexibility index (Phi) is 24.1. The first-order valence-corrected chi connectivity index (χ1v) is 27.6. The summed E-state index contributed by atoms with van der Waals surface area (Å²) in [6.45, 7) is 27.1. The molecule has 5 aliphatic rings. The fourth-order valence-corrected chi connectivity index (χ4v) is 11.2. The summed E-state index contributed by atoms with van der Waals surface area (Å²) < 4.78 is 107. The van der Waals surface area contributed by atoms with Gasteiger partial charge in [0.1, 0.15) is 44.2 Å². The highest BCUT2D eigenvalue weighted by Gasteiger charge is 2.58. The predicted octanol–water partition coefficient (Wildman–Crippen LogP) is 4.05. The molecule has 10 unspecified atom stereocenters. The summed E-state index contributed by atoms with van der Waals surface area (Å²) in [5.41, 5.74) is 0. The van der Waals surface area contributed by atoms with Gasteiger partial charge in [-0.25, -0.2) is 0 Å². The van der Waals surface area contributed by atoms with Gasteiger partial charge in [0, 0.05) is 79.1 Å². The maximum Gasteiger partial charge on any atom is 0.303 e. The summed E-state index contributed by atoms with van der Waals surface area (Å²) in [5.74, 6) is -8.69. The van der Waals surface area contributed by atoms with E-state index in [-0.39, 0.29) is 31.2 Å². The number of carbonyl (C=O) groups excluding carboxylic acids is 8. The van der Waals surface area contributed by atoms with Crippen LogP contribution in [0.4, 0.5) is 0 Å². The van der Waals surface area contributed by atoms with E-state index in [4.69, 9.17) is 80.5 Å². The Morgan fingerprint density at radius 2 is 0.700 bits per heavy atom. The Hall–Kier alpha value is -4.60. The first kappa shape index (κ1) is 66.2. The predicted molar refractivity (Wildman–Crippen MR) is 272 cm³/mol. The lowest BCUT2D eigenvalue weighted by atomic mass is 9.79. The fraction of sp³-hybridized carbons (Fsp3) is 0.855. The van der Waals surface area contributed by atoms with Crippen molar-refractivity contribution in [1.82, 2.24) is 0 Å². The van der Waals surface area contributed by atoms with Crippen LogP contribution in [0, 0.1) is 41.4 Å². The van der Waals surface area contributed by atoms with E-state index in [9.17, 15) is 38.4 Å². The average molecular weight is 1150 g/mol. The van der Waals surface area contributed by atoms with E-state index >= 15 is 0 Å². The zero-order valence-electron chi connectivity index (χ0n) is 49.3. The van der Waals surface area contributed by atoms with E-state index in [1.165, 1.54) is 34.6 Å². The van der Waals surface area contributed by atoms with Crippen LogP contribution in [0.25, 0.3) is 0 Å².